The van der Waals surface area contributed by atoms with Crippen LogP contribution in [0.15, 0.2) is 18.2 Å². The van der Waals surface area contributed by atoms with Crippen LogP contribution in [-0.2, 0) is 6.42 Å². The highest BCUT2D eigenvalue weighted by Gasteiger charge is 2.11. The van der Waals surface area contributed by atoms with Gasteiger partial charge in [-0.3, -0.25) is 9.89 Å². The second-order valence-corrected chi connectivity index (χ2v) is 5.47. The van der Waals surface area contributed by atoms with E-state index in [1.165, 1.54) is 0 Å². The molecule has 2 N–H and O–H groups in total. The topological polar surface area (TPSA) is 75.6 Å². The number of H-pyrrole nitrogens is 1. The summed E-state index contributed by atoms with van der Waals surface area (Å²) in [5.74, 6) is 0.663. The number of carbonyl (C=O) groups is 1. The second kappa shape index (κ2) is 6.62. The van der Waals surface area contributed by atoms with Crippen molar-refractivity contribution in [1.82, 2.24) is 25.1 Å². The van der Waals surface area contributed by atoms with Crippen molar-refractivity contribution < 1.29 is 4.79 Å². The minimum atomic E-state index is -0.177. The number of hydrogen-bond donors (Lipinski definition) is 2. The van der Waals surface area contributed by atoms with Crippen LogP contribution in [0.3, 0.4) is 0 Å². The number of nitrogens with zero attached hydrogens (tertiary/aromatic N) is 3. The molecule has 0 aliphatic rings. The molecule has 2 aromatic rings. The van der Waals surface area contributed by atoms with Gasteiger partial charge >= 0.3 is 0 Å². The van der Waals surface area contributed by atoms with E-state index in [4.69, 9.17) is 12.2 Å². The fraction of sp³-hybridized carbons (Fsp3) is 0.429. The molecule has 2 heterocycles. The molecule has 0 bridgehead atoms. The smallest absolute Gasteiger partial charge is 0.269 e. The van der Waals surface area contributed by atoms with Gasteiger partial charge in [0.05, 0.1) is 0 Å². The van der Waals surface area contributed by atoms with E-state index in [0.29, 0.717) is 23.4 Å². The molecule has 112 valence electrons. The largest absolute Gasteiger partial charge is 0.350 e. The molecule has 0 spiro atoms. The molecule has 2 aromatic heterocycles. The molecule has 0 radical (unpaired) electrons. The molecule has 6 nitrogen and oxygen atoms in total. The van der Waals surface area contributed by atoms with E-state index in [9.17, 15) is 4.79 Å². The second-order valence-electron chi connectivity index (χ2n) is 5.08. The third-order valence-corrected chi connectivity index (χ3v) is 3.34. The van der Waals surface area contributed by atoms with Crippen molar-refractivity contribution in [3.05, 3.63) is 40.2 Å². The number of aryl methyl sites for hydroxylation is 1. The van der Waals surface area contributed by atoms with Crippen LogP contribution >= 0.6 is 12.2 Å². The third kappa shape index (κ3) is 3.75. The maximum atomic E-state index is 12.0. The lowest BCUT2D eigenvalue weighted by molar-refractivity contribution is 0.0948. The summed E-state index contributed by atoms with van der Waals surface area (Å²) >= 11 is 5.19. The minimum Gasteiger partial charge on any atom is -0.350 e. The van der Waals surface area contributed by atoms with Gasteiger partial charge in [-0.1, -0.05) is 6.07 Å². The maximum Gasteiger partial charge on any atom is 0.269 e. The number of aromatic nitrogens is 4. The molecular formula is C14H19N5OS. The molecule has 0 aromatic carbocycles. The van der Waals surface area contributed by atoms with E-state index in [0.717, 1.165) is 11.5 Å². The molecule has 0 saturated carbocycles. The van der Waals surface area contributed by atoms with Gasteiger partial charge < -0.3 is 9.88 Å². The highest BCUT2D eigenvalue weighted by molar-refractivity contribution is 7.71. The molecule has 7 heteroatoms. The van der Waals surface area contributed by atoms with Gasteiger partial charge in [0.1, 0.15) is 11.5 Å². The summed E-state index contributed by atoms with van der Waals surface area (Å²) in [6.45, 7) is 6.44. The van der Waals surface area contributed by atoms with E-state index < -0.39 is 0 Å². The Hall–Kier alpha value is -2.02. The molecule has 21 heavy (non-hydrogen) atoms. The molecule has 1 amide bonds. The first-order valence-electron chi connectivity index (χ1n) is 6.86. The summed E-state index contributed by atoms with van der Waals surface area (Å²) in [4.78, 5) is 16.2. The number of amides is 1. The van der Waals surface area contributed by atoms with Gasteiger partial charge in [0, 0.05) is 24.7 Å². The normalized spacial score (nSPS) is 10.9. The van der Waals surface area contributed by atoms with E-state index in [1.54, 1.807) is 6.07 Å². The lowest BCUT2D eigenvalue weighted by atomic mass is 10.3. The van der Waals surface area contributed by atoms with Crippen LogP contribution in [-0.4, -0.2) is 32.2 Å². The first kappa shape index (κ1) is 15.4. The standard InChI is InChI=1S/C14H19N5OS/c1-9(2)19-12(17-18-14(19)21)7-8-15-13(20)11-6-4-5-10(3)16-11/h4-6,9H,7-8H2,1-3H3,(H,15,20)(H,18,21). The van der Waals surface area contributed by atoms with Crippen LogP contribution in [0.4, 0.5) is 0 Å². The van der Waals surface area contributed by atoms with Gasteiger partial charge in [0.15, 0.2) is 4.77 Å². The molecule has 0 fully saturated rings. The quantitative estimate of drug-likeness (QED) is 0.830. The molecule has 0 unspecified atom stereocenters. The van der Waals surface area contributed by atoms with Crippen LogP contribution in [0.2, 0.25) is 0 Å². The molecule has 0 saturated heterocycles. The summed E-state index contributed by atoms with van der Waals surface area (Å²) in [6, 6.07) is 5.62. The van der Waals surface area contributed by atoms with Crippen molar-refractivity contribution in [2.24, 2.45) is 0 Å². The number of rotatable bonds is 5. The van der Waals surface area contributed by atoms with Crippen molar-refractivity contribution in [3.8, 4) is 0 Å². The van der Waals surface area contributed by atoms with Crippen LogP contribution in [0.1, 0.15) is 41.9 Å². The SMILES string of the molecule is Cc1cccc(C(=O)NCCc2n[nH]c(=S)n2C(C)C)n1. The zero-order valence-electron chi connectivity index (χ0n) is 12.4. The summed E-state index contributed by atoms with van der Waals surface area (Å²) in [5, 5.41) is 9.83. The van der Waals surface area contributed by atoms with Crippen molar-refractivity contribution >= 4 is 18.1 Å². The van der Waals surface area contributed by atoms with Crippen molar-refractivity contribution in [3.63, 3.8) is 0 Å². The van der Waals surface area contributed by atoms with Gasteiger partial charge in [-0.25, -0.2) is 4.98 Å². The lowest BCUT2D eigenvalue weighted by Gasteiger charge is -2.10. The predicted molar refractivity (Wildman–Crippen MR) is 82.8 cm³/mol. The van der Waals surface area contributed by atoms with Crippen LogP contribution < -0.4 is 5.32 Å². The highest BCUT2D eigenvalue weighted by atomic mass is 32.1. The van der Waals surface area contributed by atoms with Crippen LogP contribution in [0.5, 0.6) is 0 Å². The van der Waals surface area contributed by atoms with Gasteiger partial charge in [-0.05, 0) is 45.1 Å². The van der Waals surface area contributed by atoms with E-state index in [-0.39, 0.29) is 11.9 Å². The fourth-order valence-corrected chi connectivity index (χ4v) is 2.46. The molecular weight excluding hydrogens is 286 g/mol. The Morgan fingerprint density at radius 1 is 1.48 bits per heavy atom. The molecule has 0 atom stereocenters. The molecule has 2 rings (SSSR count). The monoisotopic (exact) mass is 305 g/mol. The van der Waals surface area contributed by atoms with Gasteiger partial charge in [-0.15, -0.1) is 0 Å². The average Bonchev–Trinajstić information content (AvgIpc) is 2.80. The summed E-state index contributed by atoms with van der Waals surface area (Å²) in [6.07, 6.45) is 0.614. The molecule has 0 aliphatic carbocycles. The fourth-order valence-electron chi connectivity index (χ4n) is 2.09. The minimum absolute atomic E-state index is 0.177. The first-order valence-corrected chi connectivity index (χ1v) is 7.27. The predicted octanol–water partition coefficient (Wildman–Crippen LogP) is 2.20. The van der Waals surface area contributed by atoms with Gasteiger partial charge in [-0.2, -0.15) is 5.10 Å². The van der Waals surface area contributed by atoms with Crippen LogP contribution in [0.25, 0.3) is 0 Å². The van der Waals surface area contributed by atoms with Crippen molar-refractivity contribution in [1.29, 1.82) is 0 Å². The summed E-state index contributed by atoms with van der Waals surface area (Å²) in [7, 11) is 0. The van der Waals surface area contributed by atoms with E-state index in [1.807, 2.05) is 37.5 Å². The number of pyridine rings is 1. The Bertz CT molecular complexity index is 689. The van der Waals surface area contributed by atoms with Crippen molar-refractivity contribution in [2.45, 2.75) is 33.2 Å². The van der Waals surface area contributed by atoms with Crippen molar-refractivity contribution in [2.75, 3.05) is 6.54 Å². The number of carbonyl (C=O) groups excluding carboxylic acids is 1. The Labute approximate surface area is 128 Å². The van der Waals surface area contributed by atoms with Gasteiger partial charge in [0.25, 0.3) is 5.91 Å². The zero-order valence-corrected chi connectivity index (χ0v) is 13.2. The maximum absolute atomic E-state index is 12.0. The molecule has 0 aliphatic heterocycles. The van der Waals surface area contributed by atoms with Gasteiger partial charge in [0.2, 0.25) is 0 Å². The lowest BCUT2D eigenvalue weighted by Crippen LogP contribution is -2.27. The van der Waals surface area contributed by atoms with Crippen LogP contribution in [0, 0.1) is 11.7 Å². The Kier molecular flexibility index (Phi) is 4.85. The summed E-state index contributed by atoms with van der Waals surface area (Å²) in [5.41, 5.74) is 1.25. The number of aromatic amines is 1. The number of hydrogen-bond acceptors (Lipinski definition) is 4. The number of nitrogens with one attached hydrogen (secondary N) is 2. The summed E-state index contributed by atoms with van der Waals surface area (Å²) < 4.78 is 2.55. The van der Waals surface area contributed by atoms with E-state index in [2.05, 4.69) is 20.5 Å². The zero-order chi connectivity index (χ0) is 15.4. The Morgan fingerprint density at radius 2 is 2.24 bits per heavy atom. The third-order valence-electron chi connectivity index (χ3n) is 3.05. The van der Waals surface area contributed by atoms with E-state index >= 15 is 0 Å². The Balaban J connectivity index is 1.96. The Morgan fingerprint density at radius 3 is 2.90 bits per heavy atom. The highest BCUT2D eigenvalue weighted by Crippen LogP contribution is 2.08. The first-order chi connectivity index (χ1) is 9.99. The average molecular weight is 305 g/mol.